The number of amides is 1. The number of nitrogens with two attached hydrogens (primary N) is 1. The van der Waals surface area contributed by atoms with Gasteiger partial charge < -0.3 is 16.2 Å². The van der Waals surface area contributed by atoms with Crippen LogP contribution in [-0.4, -0.2) is 43.2 Å². The summed E-state index contributed by atoms with van der Waals surface area (Å²) in [5, 5.41) is 16.3. The van der Waals surface area contributed by atoms with E-state index >= 15 is 0 Å². The van der Waals surface area contributed by atoms with Crippen LogP contribution in [0.5, 0.6) is 0 Å². The summed E-state index contributed by atoms with van der Waals surface area (Å²) in [5.74, 6) is -0.0547. The molecule has 0 bridgehead atoms. The lowest BCUT2D eigenvalue weighted by Crippen LogP contribution is -2.26. The van der Waals surface area contributed by atoms with E-state index in [9.17, 15) is 9.90 Å². The number of aromatic nitrogens is 4. The summed E-state index contributed by atoms with van der Waals surface area (Å²) in [6.45, 7) is 2.04. The van der Waals surface area contributed by atoms with Gasteiger partial charge in [-0.25, -0.2) is 9.50 Å². The van der Waals surface area contributed by atoms with E-state index in [1.54, 1.807) is 29.9 Å². The number of nitrogen functional groups attached to an aromatic ring is 1. The summed E-state index contributed by atoms with van der Waals surface area (Å²) in [6, 6.07) is 5.39. The Balaban J connectivity index is 2.04. The van der Waals surface area contributed by atoms with Crippen molar-refractivity contribution in [3.63, 3.8) is 0 Å². The normalized spacial score (nSPS) is 12.2. The second-order valence-corrected chi connectivity index (χ2v) is 5.48. The highest BCUT2D eigenvalue weighted by Crippen LogP contribution is 2.27. The van der Waals surface area contributed by atoms with Crippen LogP contribution in [-0.2, 0) is 0 Å². The lowest BCUT2D eigenvalue weighted by Gasteiger charge is -2.06. The van der Waals surface area contributed by atoms with Gasteiger partial charge in [-0.3, -0.25) is 9.78 Å². The zero-order valence-corrected chi connectivity index (χ0v) is 13.2. The van der Waals surface area contributed by atoms with Gasteiger partial charge in [0.05, 0.1) is 17.4 Å². The number of anilines is 1. The summed E-state index contributed by atoms with van der Waals surface area (Å²) in [4.78, 5) is 20.5. The van der Waals surface area contributed by atoms with Gasteiger partial charge in [0.25, 0.3) is 5.91 Å². The zero-order valence-electron chi connectivity index (χ0n) is 13.2. The van der Waals surface area contributed by atoms with Crippen molar-refractivity contribution in [1.82, 2.24) is 24.9 Å². The smallest absolute Gasteiger partial charge is 0.253 e. The summed E-state index contributed by atoms with van der Waals surface area (Å²) in [5.41, 5.74) is 8.40. The highest BCUT2D eigenvalue weighted by molar-refractivity contribution is 6.05. The van der Waals surface area contributed by atoms with Crippen LogP contribution in [0.2, 0.25) is 0 Å². The number of aliphatic hydroxyl groups excluding tert-OH is 1. The third-order valence-electron chi connectivity index (χ3n) is 3.65. The Morgan fingerprint density at radius 2 is 2.17 bits per heavy atom. The first-order valence-electron chi connectivity index (χ1n) is 7.57. The molecule has 3 aromatic rings. The van der Waals surface area contributed by atoms with Crippen molar-refractivity contribution in [1.29, 1.82) is 0 Å². The molecule has 8 nitrogen and oxygen atoms in total. The quantitative estimate of drug-likeness (QED) is 0.640. The summed E-state index contributed by atoms with van der Waals surface area (Å²) in [6.07, 6.45) is 4.68. The minimum atomic E-state index is -0.475. The maximum absolute atomic E-state index is 12.5. The van der Waals surface area contributed by atoms with Gasteiger partial charge in [0.15, 0.2) is 5.82 Å². The average Bonchev–Trinajstić information content (AvgIpc) is 2.96. The first kappa shape index (κ1) is 15.9. The summed E-state index contributed by atoms with van der Waals surface area (Å²) in [7, 11) is 0. The van der Waals surface area contributed by atoms with E-state index in [0.717, 1.165) is 11.3 Å². The monoisotopic (exact) mass is 326 g/mol. The molecular formula is C16H18N6O2. The number of rotatable bonds is 5. The van der Waals surface area contributed by atoms with Crippen LogP contribution in [0.25, 0.3) is 16.8 Å². The number of aliphatic hydroxyl groups is 1. The predicted molar refractivity (Wildman–Crippen MR) is 89.3 cm³/mol. The van der Waals surface area contributed by atoms with Crippen LogP contribution in [0.1, 0.15) is 23.7 Å². The maximum Gasteiger partial charge on any atom is 0.253 e. The van der Waals surface area contributed by atoms with Crippen LogP contribution in [0.4, 0.5) is 5.82 Å². The van der Waals surface area contributed by atoms with E-state index in [4.69, 9.17) is 5.73 Å². The van der Waals surface area contributed by atoms with Crippen LogP contribution in [0.3, 0.4) is 0 Å². The van der Waals surface area contributed by atoms with Gasteiger partial charge in [0, 0.05) is 24.5 Å². The van der Waals surface area contributed by atoms with Crippen molar-refractivity contribution in [2.45, 2.75) is 19.4 Å². The number of nitrogens with zero attached hydrogens (tertiary/aromatic N) is 4. The van der Waals surface area contributed by atoms with Gasteiger partial charge in [-0.15, -0.1) is 0 Å². The molecule has 0 aliphatic carbocycles. The first-order valence-corrected chi connectivity index (χ1v) is 7.57. The van der Waals surface area contributed by atoms with Crippen molar-refractivity contribution in [3.8, 4) is 11.3 Å². The molecule has 0 aliphatic rings. The number of hydrogen-bond donors (Lipinski definition) is 3. The third kappa shape index (κ3) is 3.04. The molecule has 3 aromatic heterocycles. The van der Waals surface area contributed by atoms with Gasteiger partial charge in [0.2, 0.25) is 0 Å². The standard InChI is InChI=1S/C16H18N6O2/c1-10(23)2-7-19-16(24)12-8-13(11-3-5-18-6-4-11)22-14(12)15(17)20-9-21-22/h3-6,8-10,23H,2,7H2,1H3,(H,19,24)(H2,17,20,21). The molecule has 1 amide bonds. The van der Waals surface area contributed by atoms with Crippen LogP contribution in [0.15, 0.2) is 36.9 Å². The number of fused-ring (bicyclic) bond motifs is 1. The van der Waals surface area contributed by atoms with Crippen LogP contribution in [0, 0.1) is 0 Å². The number of nitrogens with one attached hydrogen (secondary N) is 1. The molecule has 0 fully saturated rings. The molecule has 0 saturated heterocycles. The summed E-state index contributed by atoms with van der Waals surface area (Å²) < 4.78 is 1.60. The molecule has 1 atom stereocenters. The van der Waals surface area contributed by atoms with Gasteiger partial charge in [-0.2, -0.15) is 5.10 Å². The molecule has 0 aromatic carbocycles. The van der Waals surface area contributed by atoms with Gasteiger partial charge in [-0.1, -0.05) is 0 Å². The molecule has 0 aliphatic heterocycles. The largest absolute Gasteiger partial charge is 0.393 e. The Bertz CT molecular complexity index is 860. The van der Waals surface area contributed by atoms with E-state index in [2.05, 4.69) is 20.4 Å². The molecule has 1 unspecified atom stereocenters. The minimum absolute atomic E-state index is 0.228. The molecule has 8 heteroatoms. The Morgan fingerprint density at radius 1 is 1.42 bits per heavy atom. The molecule has 3 heterocycles. The molecule has 4 N–H and O–H groups in total. The Kier molecular flexibility index (Phi) is 4.39. The second-order valence-electron chi connectivity index (χ2n) is 5.48. The summed E-state index contributed by atoms with van der Waals surface area (Å²) >= 11 is 0. The maximum atomic E-state index is 12.5. The molecular weight excluding hydrogens is 308 g/mol. The van der Waals surface area contributed by atoms with Gasteiger partial charge in [-0.05, 0) is 31.5 Å². The van der Waals surface area contributed by atoms with E-state index in [0.29, 0.717) is 24.0 Å². The third-order valence-corrected chi connectivity index (χ3v) is 3.65. The topological polar surface area (TPSA) is 118 Å². The fourth-order valence-corrected chi connectivity index (χ4v) is 2.46. The number of pyridine rings is 1. The van der Waals surface area contributed by atoms with Crippen molar-refractivity contribution in [3.05, 3.63) is 42.5 Å². The predicted octanol–water partition coefficient (Wildman–Crippen LogP) is 0.874. The molecule has 0 spiro atoms. The number of carbonyl (C=O) groups excluding carboxylic acids is 1. The fourth-order valence-electron chi connectivity index (χ4n) is 2.46. The number of hydrogen-bond acceptors (Lipinski definition) is 6. The lowest BCUT2D eigenvalue weighted by molar-refractivity contribution is 0.0947. The molecule has 124 valence electrons. The van der Waals surface area contributed by atoms with Gasteiger partial charge >= 0.3 is 0 Å². The molecule has 3 rings (SSSR count). The van der Waals surface area contributed by atoms with E-state index in [1.165, 1.54) is 6.33 Å². The molecule has 24 heavy (non-hydrogen) atoms. The minimum Gasteiger partial charge on any atom is -0.393 e. The Morgan fingerprint density at radius 3 is 2.88 bits per heavy atom. The lowest BCUT2D eigenvalue weighted by atomic mass is 10.1. The molecule has 0 radical (unpaired) electrons. The van der Waals surface area contributed by atoms with E-state index < -0.39 is 6.10 Å². The first-order chi connectivity index (χ1) is 11.6. The molecule has 0 saturated carbocycles. The van der Waals surface area contributed by atoms with Crippen LogP contribution >= 0.6 is 0 Å². The second kappa shape index (κ2) is 6.63. The van der Waals surface area contributed by atoms with Gasteiger partial charge in [0.1, 0.15) is 11.8 Å². The fraction of sp³-hybridized carbons (Fsp3) is 0.250. The SMILES string of the molecule is CC(O)CCNC(=O)c1cc(-c2ccncc2)n2ncnc(N)c12. The van der Waals surface area contributed by atoms with E-state index in [1.807, 2.05) is 12.1 Å². The highest BCUT2D eigenvalue weighted by atomic mass is 16.3. The van der Waals surface area contributed by atoms with Crippen molar-refractivity contribution < 1.29 is 9.90 Å². The number of carbonyl (C=O) groups is 1. The Hall–Kier alpha value is -3.00. The van der Waals surface area contributed by atoms with Crippen molar-refractivity contribution in [2.24, 2.45) is 0 Å². The van der Waals surface area contributed by atoms with E-state index in [-0.39, 0.29) is 11.7 Å². The van der Waals surface area contributed by atoms with Crippen molar-refractivity contribution >= 4 is 17.2 Å². The van der Waals surface area contributed by atoms with Crippen molar-refractivity contribution in [2.75, 3.05) is 12.3 Å². The van der Waals surface area contributed by atoms with Crippen LogP contribution < -0.4 is 11.1 Å². The highest BCUT2D eigenvalue weighted by Gasteiger charge is 2.19. The Labute approximate surface area is 138 Å². The zero-order chi connectivity index (χ0) is 17.1. The average molecular weight is 326 g/mol.